The summed E-state index contributed by atoms with van der Waals surface area (Å²) in [7, 11) is 1.96. The first-order chi connectivity index (χ1) is 6.31. The first-order valence-corrected chi connectivity index (χ1v) is 5.59. The van der Waals surface area contributed by atoms with Gasteiger partial charge in [0.25, 0.3) is 0 Å². The number of rotatable bonds is 4. The topological polar surface area (TPSA) is 37.8 Å². The van der Waals surface area contributed by atoms with Crippen LogP contribution in [0.2, 0.25) is 0 Å². The molecule has 1 N–H and O–H groups in total. The van der Waals surface area contributed by atoms with Gasteiger partial charge in [-0.2, -0.15) is 0 Å². The van der Waals surface area contributed by atoms with Crippen LogP contribution < -0.4 is 5.32 Å². The molecule has 1 heterocycles. The molecule has 1 aliphatic rings. The van der Waals surface area contributed by atoms with E-state index in [0.29, 0.717) is 0 Å². The number of aromatic nitrogens is 2. The van der Waals surface area contributed by atoms with Crippen molar-refractivity contribution in [3.05, 3.63) is 10.0 Å². The van der Waals surface area contributed by atoms with Gasteiger partial charge in [-0.3, -0.25) is 0 Å². The van der Waals surface area contributed by atoms with Crippen LogP contribution in [0.1, 0.15) is 29.3 Å². The van der Waals surface area contributed by atoms with Gasteiger partial charge in [-0.05, 0) is 19.4 Å². The van der Waals surface area contributed by atoms with Gasteiger partial charge < -0.3 is 5.32 Å². The summed E-state index contributed by atoms with van der Waals surface area (Å²) in [4.78, 5) is 0. The average molecular weight is 197 g/mol. The molecule has 0 amide bonds. The molecule has 0 bridgehead atoms. The van der Waals surface area contributed by atoms with E-state index >= 15 is 0 Å². The Morgan fingerprint density at radius 2 is 2.31 bits per heavy atom. The Morgan fingerprint density at radius 3 is 2.92 bits per heavy atom. The summed E-state index contributed by atoms with van der Waals surface area (Å²) in [5.41, 5.74) is 0. The van der Waals surface area contributed by atoms with Gasteiger partial charge in [0, 0.05) is 18.9 Å². The summed E-state index contributed by atoms with van der Waals surface area (Å²) in [6, 6.07) is 0. The third-order valence-electron chi connectivity index (χ3n) is 2.50. The van der Waals surface area contributed by atoms with Crippen LogP contribution in [0.5, 0.6) is 0 Å². The minimum Gasteiger partial charge on any atom is -0.319 e. The quantitative estimate of drug-likeness (QED) is 0.793. The van der Waals surface area contributed by atoms with E-state index in [0.717, 1.165) is 24.8 Å². The lowest BCUT2D eigenvalue weighted by Gasteiger charge is -1.91. The highest BCUT2D eigenvalue weighted by molar-refractivity contribution is 7.11. The van der Waals surface area contributed by atoms with Crippen LogP contribution >= 0.6 is 11.3 Å². The standard InChI is InChI=1S/C9H15N3S/c1-6-5-7(6)9-12-11-8(13-9)3-4-10-2/h6-7,10H,3-5H2,1-2H3. The molecule has 4 heteroatoms. The van der Waals surface area contributed by atoms with Gasteiger partial charge in [-0.25, -0.2) is 0 Å². The minimum absolute atomic E-state index is 0.723. The van der Waals surface area contributed by atoms with Gasteiger partial charge in [-0.15, -0.1) is 21.5 Å². The third kappa shape index (κ3) is 2.06. The maximum atomic E-state index is 4.22. The average Bonchev–Trinajstić information content (AvgIpc) is 2.67. The number of nitrogens with zero attached hydrogens (tertiary/aromatic N) is 2. The first-order valence-electron chi connectivity index (χ1n) is 4.78. The summed E-state index contributed by atoms with van der Waals surface area (Å²) in [5, 5.41) is 13.9. The predicted molar refractivity (Wildman–Crippen MR) is 54.1 cm³/mol. The zero-order valence-corrected chi connectivity index (χ0v) is 8.90. The number of hydrogen-bond acceptors (Lipinski definition) is 4. The van der Waals surface area contributed by atoms with Crippen LogP contribution in [0.15, 0.2) is 0 Å². The van der Waals surface area contributed by atoms with Crippen molar-refractivity contribution in [2.45, 2.75) is 25.7 Å². The van der Waals surface area contributed by atoms with Crippen molar-refractivity contribution in [1.29, 1.82) is 0 Å². The number of nitrogens with one attached hydrogen (secondary N) is 1. The zero-order chi connectivity index (χ0) is 9.26. The largest absolute Gasteiger partial charge is 0.319 e. The highest BCUT2D eigenvalue weighted by atomic mass is 32.1. The molecule has 2 atom stereocenters. The van der Waals surface area contributed by atoms with Crippen LogP contribution in [-0.4, -0.2) is 23.8 Å². The SMILES string of the molecule is CNCCc1nnc(C2CC2C)s1. The summed E-state index contributed by atoms with van der Waals surface area (Å²) >= 11 is 1.78. The van der Waals surface area contributed by atoms with Crippen LogP contribution in [0.3, 0.4) is 0 Å². The Hall–Kier alpha value is -0.480. The van der Waals surface area contributed by atoms with Crippen LogP contribution in [-0.2, 0) is 6.42 Å². The molecule has 0 saturated heterocycles. The molecular weight excluding hydrogens is 182 g/mol. The Balaban J connectivity index is 1.94. The Bertz CT molecular complexity index is 284. The second-order valence-electron chi connectivity index (χ2n) is 3.71. The van der Waals surface area contributed by atoms with Gasteiger partial charge in [-0.1, -0.05) is 6.92 Å². The smallest absolute Gasteiger partial charge is 0.120 e. The molecule has 0 spiro atoms. The lowest BCUT2D eigenvalue weighted by molar-refractivity contribution is 0.775. The van der Waals surface area contributed by atoms with E-state index in [1.807, 2.05) is 7.05 Å². The maximum Gasteiger partial charge on any atom is 0.120 e. The zero-order valence-electron chi connectivity index (χ0n) is 8.08. The normalized spacial score (nSPS) is 26.3. The molecule has 0 radical (unpaired) electrons. The molecule has 13 heavy (non-hydrogen) atoms. The highest BCUT2D eigenvalue weighted by Crippen LogP contribution is 2.47. The fourth-order valence-electron chi connectivity index (χ4n) is 1.42. The highest BCUT2D eigenvalue weighted by Gasteiger charge is 2.36. The van der Waals surface area contributed by atoms with E-state index < -0.39 is 0 Å². The monoisotopic (exact) mass is 197 g/mol. The molecule has 0 aliphatic heterocycles. The van der Waals surface area contributed by atoms with Gasteiger partial charge in [0.05, 0.1) is 0 Å². The Labute approximate surface area is 82.6 Å². The van der Waals surface area contributed by atoms with Crippen molar-refractivity contribution >= 4 is 11.3 Å². The molecule has 1 aliphatic carbocycles. The van der Waals surface area contributed by atoms with Crippen molar-refractivity contribution in [2.75, 3.05) is 13.6 Å². The lowest BCUT2D eigenvalue weighted by atomic mass is 10.4. The van der Waals surface area contributed by atoms with Gasteiger partial charge in [0.2, 0.25) is 0 Å². The van der Waals surface area contributed by atoms with E-state index in [4.69, 9.17) is 0 Å². The number of hydrogen-bond donors (Lipinski definition) is 1. The third-order valence-corrected chi connectivity index (χ3v) is 3.61. The molecule has 2 unspecified atom stereocenters. The lowest BCUT2D eigenvalue weighted by Crippen LogP contribution is -2.09. The molecule has 1 saturated carbocycles. The van der Waals surface area contributed by atoms with E-state index in [9.17, 15) is 0 Å². The van der Waals surface area contributed by atoms with E-state index in [-0.39, 0.29) is 0 Å². The molecule has 1 fully saturated rings. The molecule has 72 valence electrons. The second kappa shape index (κ2) is 3.72. The van der Waals surface area contributed by atoms with Crippen LogP contribution in [0.4, 0.5) is 0 Å². The molecule has 1 aromatic rings. The summed E-state index contributed by atoms with van der Waals surface area (Å²) in [6.07, 6.45) is 2.32. The van der Waals surface area contributed by atoms with Crippen LogP contribution in [0.25, 0.3) is 0 Å². The molecule has 1 aromatic heterocycles. The van der Waals surface area contributed by atoms with E-state index in [2.05, 4.69) is 22.4 Å². The molecule has 0 aromatic carbocycles. The molecular formula is C9H15N3S. The fraction of sp³-hybridized carbons (Fsp3) is 0.778. The van der Waals surface area contributed by atoms with E-state index in [1.54, 1.807) is 11.3 Å². The van der Waals surface area contributed by atoms with Crippen molar-refractivity contribution in [2.24, 2.45) is 5.92 Å². The van der Waals surface area contributed by atoms with Crippen molar-refractivity contribution in [1.82, 2.24) is 15.5 Å². The van der Waals surface area contributed by atoms with Gasteiger partial charge in [0.1, 0.15) is 10.0 Å². The second-order valence-corrected chi connectivity index (χ2v) is 4.80. The maximum absolute atomic E-state index is 4.22. The molecule has 3 nitrogen and oxygen atoms in total. The van der Waals surface area contributed by atoms with Crippen molar-refractivity contribution in [3.8, 4) is 0 Å². The summed E-state index contributed by atoms with van der Waals surface area (Å²) in [6.45, 7) is 3.27. The predicted octanol–water partition coefficient (Wildman–Crippen LogP) is 1.42. The van der Waals surface area contributed by atoms with Gasteiger partial charge >= 0.3 is 0 Å². The Kier molecular flexibility index (Phi) is 2.60. The van der Waals surface area contributed by atoms with Crippen molar-refractivity contribution < 1.29 is 0 Å². The summed E-state index contributed by atoms with van der Waals surface area (Å²) < 4.78 is 0. The summed E-state index contributed by atoms with van der Waals surface area (Å²) in [5.74, 6) is 1.56. The fourth-order valence-corrected chi connectivity index (χ4v) is 2.50. The van der Waals surface area contributed by atoms with E-state index in [1.165, 1.54) is 16.4 Å². The first kappa shape index (κ1) is 9.09. The van der Waals surface area contributed by atoms with Crippen molar-refractivity contribution in [3.63, 3.8) is 0 Å². The minimum atomic E-state index is 0.723. The van der Waals surface area contributed by atoms with Gasteiger partial charge in [0.15, 0.2) is 0 Å². The molecule has 2 rings (SSSR count). The van der Waals surface area contributed by atoms with Crippen LogP contribution in [0, 0.1) is 5.92 Å². The Morgan fingerprint density at radius 1 is 1.54 bits per heavy atom. The number of likely N-dealkylation sites (N-methyl/N-ethyl adjacent to an activating group) is 1.